The maximum atomic E-state index is 2.28. The van der Waals surface area contributed by atoms with Gasteiger partial charge in [0.05, 0.1) is 0 Å². The monoisotopic (exact) mass is 116 g/mol. The quantitative estimate of drug-likeness (QED) is 0.362. The highest BCUT2D eigenvalue weighted by Crippen LogP contribution is 2.26. The van der Waals surface area contributed by atoms with E-state index in [-0.39, 0.29) is 0 Å². The minimum absolute atomic E-state index is 0.563. The first-order valence-electron chi connectivity index (χ1n) is 2.71. The van der Waals surface area contributed by atoms with Gasteiger partial charge in [0.1, 0.15) is 0 Å². The van der Waals surface area contributed by atoms with Gasteiger partial charge < -0.3 is 0 Å². The molecule has 0 aromatic carbocycles. The van der Waals surface area contributed by atoms with E-state index in [1.165, 1.54) is 7.00 Å². The summed E-state index contributed by atoms with van der Waals surface area (Å²) in [6, 6.07) is 0. The van der Waals surface area contributed by atoms with Gasteiger partial charge in [-0.05, 0) is 0 Å². The van der Waals surface area contributed by atoms with E-state index in [0.717, 1.165) is 8.46 Å². The lowest BCUT2D eigenvalue weighted by Crippen LogP contribution is -2.01. The third-order valence-corrected chi connectivity index (χ3v) is 2.12. The normalized spacial score (nSPS) is 13.1. The van der Waals surface area contributed by atoms with Crippen molar-refractivity contribution in [2.24, 2.45) is 0 Å². The second-order valence-electron chi connectivity index (χ2n) is 3.09. The highest BCUT2D eigenvalue weighted by atomic mass is 31.1. The molecule has 0 aromatic rings. The molecule has 0 saturated heterocycles. The van der Waals surface area contributed by atoms with E-state index in [9.17, 15) is 0 Å². The van der Waals surface area contributed by atoms with E-state index < -0.39 is 0 Å². The molecule has 0 aliphatic carbocycles. The summed E-state index contributed by atoms with van der Waals surface area (Å²) in [6.07, 6.45) is 0. The molecule has 0 radical (unpaired) electrons. The smallest absolute Gasteiger partial charge is 0.153 e. The average Bonchev–Trinajstić information content (AvgIpc) is 1.30. The van der Waals surface area contributed by atoms with Gasteiger partial charge in [-0.1, -0.05) is 32.8 Å². The first-order chi connectivity index (χ1) is 3.06. The summed E-state index contributed by atoms with van der Waals surface area (Å²) in [5.41, 5.74) is 0. The van der Waals surface area contributed by atoms with E-state index in [4.69, 9.17) is 0 Å². The van der Waals surface area contributed by atoms with Crippen molar-refractivity contribution >= 4 is 15.5 Å². The van der Waals surface area contributed by atoms with Crippen molar-refractivity contribution in [2.75, 3.05) is 6.66 Å². The molecule has 0 fully saturated rings. The minimum Gasteiger partial charge on any atom is -0.162 e. The molecule has 2 heteroatoms. The fraction of sp³-hybridized carbons (Fsp3) is 1.00. The van der Waals surface area contributed by atoms with Crippen molar-refractivity contribution < 1.29 is 0 Å². The third-order valence-electron chi connectivity index (χ3n) is 0.707. The van der Waals surface area contributed by atoms with Gasteiger partial charge in [0.2, 0.25) is 0 Å². The zero-order valence-electron chi connectivity index (χ0n) is 5.71. The molecule has 42 valence electrons. The third kappa shape index (κ3) is 6.49. The predicted molar refractivity (Wildman–Crippen MR) is 41.1 cm³/mol. The summed E-state index contributed by atoms with van der Waals surface area (Å²) in [4.78, 5) is 0. The second-order valence-corrected chi connectivity index (χ2v) is 4.15. The molecule has 7 heavy (non-hydrogen) atoms. The molecule has 1 atom stereocenters. The Labute approximate surface area is 49.1 Å². The highest BCUT2D eigenvalue weighted by Gasteiger charge is 2.08. The van der Waals surface area contributed by atoms with E-state index in [2.05, 4.69) is 27.4 Å². The SMILES string of the molecule is CPBC(C)(C)C. The van der Waals surface area contributed by atoms with Crippen molar-refractivity contribution in [2.45, 2.75) is 26.1 Å². The van der Waals surface area contributed by atoms with Crippen LogP contribution in [0.1, 0.15) is 20.8 Å². The lowest BCUT2D eigenvalue weighted by atomic mass is 9.73. The molecular weight excluding hydrogens is 102 g/mol. The molecule has 0 bridgehead atoms. The Bertz CT molecular complexity index is 46.5. The standard InChI is InChI=1S/C5H14BP/c1-5(2,3)6-7-4/h6-7H,1-4H3. The van der Waals surface area contributed by atoms with E-state index in [1.807, 2.05) is 0 Å². The van der Waals surface area contributed by atoms with Crippen LogP contribution < -0.4 is 0 Å². The Morgan fingerprint density at radius 3 is 1.71 bits per heavy atom. The van der Waals surface area contributed by atoms with Gasteiger partial charge >= 0.3 is 0 Å². The van der Waals surface area contributed by atoms with Gasteiger partial charge in [-0.15, -0.1) is 0 Å². The average molecular weight is 116 g/mol. The van der Waals surface area contributed by atoms with Gasteiger partial charge in [0.15, 0.2) is 7.00 Å². The summed E-state index contributed by atoms with van der Waals surface area (Å²) in [5, 5.41) is 0.563. The largest absolute Gasteiger partial charge is 0.162 e. The van der Waals surface area contributed by atoms with Gasteiger partial charge in [-0.3, -0.25) is 0 Å². The molecule has 0 nitrogen and oxygen atoms in total. The molecule has 0 heterocycles. The van der Waals surface area contributed by atoms with Crippen LogP contribution in [-0.2, 0) is 0 Å². The van der Waals surface area contributed by atoms with Crippen LogP contribution in [-0.4, -0.2) is 13.7 Å². The van der Waals surface area contributed by atoms with Crippen LogP contribution in [0.2, 0.25) is 5.31 Å². The fourth-order valence-electron chi connectivity index (χ4n) is 0.530. The van der Waals surface area contributed by atoms with Crippen LogP contribution in [0.3, 0.4) is 0 Å². The summed E-state index contributed by atoms with van der Waals surface area (Å²) >= 11 is 0. The van der Waals surface area contributed by atoms with E-state index in [1.54, 1.807) is 0 Å². The summed E-state index contributed by atoms with van der Waals surface area (Å²) in [7, 11) is 1.11. The van der Waals surface area contributed by atoms with Crippen molar-refractivity contribution in [3.63, 3.8) is 0 Å². The summed E-state index contributed by atoms with van der Waals surface area (Å²) in [6.45, 7) is 10.5. The van der Waals surface area contributed by atoms with Gasteiger partial charge in [0.25, 0.3) is 0 Å². The van der Waals surface area contributed by atoms with Gasteiger partial charge in [0, 0.05) is 0 Å². The molecule has 0 saturated carbocycles. The van der Waals surface area contributed by atoms with Crippen LogP contribution in [0, 0.1) is 0 Å². The second kappa shape index (κ2) is 2.72. The van der Waals surface area contributed by atoms with Crippen LogP contribution in [0.4, 0.5) is 0 Å². The topological polar surface area (TPSA) is 0 Å². The maximum absolute atomic E-state index is 2.28. The highest BCUT2D eigenvalue weighted by molar-refractivity contribution is 7.70. The molecule has 0 aliphatic rings. The molecule has 0 aromatic heterocycles. The van der Waals surface area contributed by atoms with Crippen LogP contribution >= 0.6 is 8.46 Å². The molecule has 0 amide bonds. The Kier molecular flexibility index (Phi) is 2.91. The van der Waals surface area contributed by atoms with Crippen molar-refractivity contribution in [1.29, 1.82) is 0 Å². The zero-order chi connectivity index (χ0) is 5.91. The first kappa shape index (κ1) is 7.49. The van der Waals surface area contributed by atoms with Crippen LogP contribution in [0.15, 0.2) is 0 Å². The fourth-order valence-corrected chi connectivity index (χ4v) is 1.59. The minimum atomic E-state index is 0.563. The molecule has 1 unspecified atom stereocenters. The first-order valence-corrected chi connectivity index (χ1v) is 4.41. The summed E-state index contributed by atoms with van der Waals surface area (Å²) < 4.78 is 0. The molecule has 0 aliphatic heterocycles. The van der Waals surface area contributed by atoms with Crippen molar-refractivity contribution in [3.8, 4) is 0 Å². The van der Waals surface area contributed by atoms with Crippen molar-refractivity contribution in [1.82, 2.24) is 0 Å². The van der Waals surface area contributed by atoms with Crippen molar-refractivity contribution in [3.05, 3.63) is 0 Å². The predicted octanol–water partition coefficient (Wildman–Crippen LogP) is 1.86. The van der Waals surface area contributed by atoms with Crippen LogP contribution in [0.5, 0.6) is 0 Å². The Balaban J connectivity index is 3.15. The molecule has 0 N–H and O–H groups in total. The maximum Gasteiger partial charge on any atom is 0.153 e. The van der Waals surface area contributed by atoms with E-state index in [0.29, 0.717) is 5.31 Å². The Morgan fingerprint density at radius 2 is 1.71 bits per heavy atom. The molecule has 0 rings (SSSR count). The Hall–Kier alpha value is 0.495. The molecular formula is C5H14BP. The van der Waals surface area contributed by atoms with Crippen LogP contribution in [0.25, 0.3) is 0 Å². The van der Waals surface area contributed by atoms with E-state index >= 15 is 0 Å². The van der Waals surface area contributed by atoms with Gasteiger partial charge in [-0.2, -0.15) is 8.46 Å². The number of hydrogen-bond donors (Lipinski definition) is 0. The van der Waals surface area contributed by atoms with Gasteiger partial charge in [-0.25, -0.2) is 0 Å². The number of rotatable bonds is 1. The lowest BCUT2D eigenvalue weighted by molar-refractivity contribution is 0.763. The Morgan fingerprint density at radius 1 is 1.29 bits per heavy atom. The number of hydrogen-bond acceptors (Lipinski definition) is 0. The summed E-state index contributed by atoms with van der Waals surface area (Å²) in [5.74, 6) is 0. The lowest BCUT2D eigenvalue weighted by Gasteiger charge is -2.13. The molecule has 0 spiro atoms. The zero-order valence-corrected chi connectivity index (χ0v) is 6.71.